The summed E-state index contributed by atoms with van der Waals surface area (Å²) in [7, 11) is 0. The lowest BCUT2D eigenvalue weighted by Crippen LogP contribution is -2.32. The third kappa shape index (κ3) is 3.27. The topological polar surface area (TPSA) is 62.3 Å². The molecule has 1 aromatic carbocycles. The molecular weight excluding hydrogens is 358 g/mol. The van der Waals surface area contributed by atoms with Crippen LogP contribution in [0.5, 0.6) is 0 Å². The minimum absolute atomic E-state index is 0.194. The third-order valence-electron chi connectivity index (χ3n) is 4.40. The Bertz CT molecular complexity index is 1030. The van der Waals surface area contributed by atoms with Crippen molar-refractivity contribution in [2.24, 2.45) is 0 Å². The minimum atomic E-state index is -0.324. The van der Waals surface area contributed by atoms with Crippen LogP contribution < -0.4 is 5.32 Å². The molecule has 134 valence electrons. The van der Waals surface area contributed by atoms with E-state index >= 15 is 0 Å². The van der Waals surface area contributed by atoms with Crippen molar-refractivity contribution in [1.29, 1.82) is 0 Å². The first-order valence-corrected chi connectivity index (χ1v) is 9.39. The van der Waals surface area contributed by atoms with Gasteiger partial charge in [0.05, 0.1) is 12.1 Å². The van der Waals surface area contributed by atoms with Crippen LogP contribution in [0, 0.1) is 6.92 Å². The number of nitrogens with zero attached hydrogens (tertiary/aromatic N) is 2. The third-order valence-corrected chi connectivity index (χ3v) is 5.29. The number of imide groups is 1. The molecule has 0 fully saturated rings. The van der Waals surface area contributed by atoms with Gasteiger partial charge in [-0.3, -0.25) is 19.5 Å². The highest BCUT2D eigenvalue weighted by Crippen LogP contribution is 2.34. The average molecular weight is 375 g/mol. The van der Waals surface area contributed by atoms with Gasteiger partial charge in [-0.1, -0.05) is 30.3 Å². The Hall–Kier alpha value is -3.25. The van der Waals surface area contributed by atoms with Crippen molar-refractivity contribution < 1.29 is 9.59 Å². The number of thiophene rings is 1. The zero-order valence-corrected chi connectivity index (χ0v) is 15.5. The lowest BCUT2D eigenvalue weighted by atomic mass is 10.1. The van der Waals surface area contributed by atoms with Crippen LogP contribution in [-0.2, 0) is 16.1 Å². The Morgan fingerprint density at radius 3 is 2.59 bits per heavy atom. The van der Waals surface area contributed by atoms with Gasteiger partial charge in [-0.25, -0.2) is 0 Å². The molecule has 1 aliphatic rings. The van der Waals surface area contributed by atoms with E-state index in [2.05, 4.69) is 10.3 Å². The van der Waals surface area contributed by atoms with E-state index in [1.807, 2.05) is 54.8 Å². The van der Waals surface area contributed by atoms with Gasteiger partial charge in [-0.15, -0.1) is 11.3 Å². The quantitative estimate of drug-likeness (QED) is 0.688. The molecule has 1 N–H and O–H groups in total. The Kier molecular flexibility index (Phi) is 4.56. The molecule has 0 spiro atoms. The number of carbonyl (C=O) groups is 2. The summed E-state index contributed by atoms with van der Waals surface area (Å²) in [6.07, 6.45) is 3.33. The number of anilines is 1. The summed E-state index contributed by atoms with van der Waals surface area (Å²) in [6, 6.07) is 15.1. The van der Waals surface area contributed by atoms with Gasteiger partial charge in [0.1, 0.15) is 5.70 Å². The van der Waals surface area contributed by atoms with Crippen molar-refractivity contribution in [3.63, 3.8) is 0 Å². The molecule has 5 nitrogen and oxygen atoms in total. The van der Waals surface area contributed by atoms with E-state index in [0.717, 1.165) is 21.7 Å². The summed E-state index contributed by atoms with van der Waals surface area (Å²) in [5, 5.41) is 5.10. The maximum Gasteiger partial charge on any atom is 0.278 e. The molecule has 0 unspecified atom stereocenters. The van der Waals surface area contributed by atoms with E-state index in [0.29, 0.717) is 11.3 Å². The molecule has 4 rings (SSSR count). The molecule has 1 aliphatic heterocycles. The molecule has 0 radical (unpaired) electrons. The van der Waals surface area contributed by atoms with E-state index in [1.165, 1.54) is 16.2 Å². The zero-order valence-electron chi connectivity index (χ0n) is 14.7. The van der Waals surface area contributed by atoms with Crippen molar-refractivity contribution in [3.8, 4) is 0 Å². The molecular formula is C21H17N3O2S. The smallest absolute Gasteiger partial charge is 0.278 e. The second-order valence-corrected chi connectivity index (χ2v) is 7.17. The highest BCUT2D eigenvalue weighted by atomic mass is 32.1. The first kappa shape index (κ1) is 17.2. The van der Waals surface area contributed by atoms with Gasteiger partial charge < -0.3 is 5.32 Å². The number of pyridine rings is 1. The van der Waals surface area contributed by atoms with Gasteiger partial charge in [0.2, 0.25) is 0 Å². The summed E-state index contributed by atoms with van der Waals surface area (Å²) in [6.45, 7) is 2.15. The maximum absolute atomic E-state index is 13.1. The van der Waals surface area contributed by atoms with Crippen LogP contribution in [0.3, 0.4) is 0 Å². The standard InChI is InChI=1S/C21H17N3O2S/c1-14-6-2-3-8-16(14)23-19-18(17-9-5-11-27-17)20(25)24(21(19)26)13-15-7-4-10-22-12-15/h2-12,23H,13H2,1H3. The summed E-state index contributed by atoms with van der Waals surface area (Å²) >= 11 is 1.44. The second kappa shape index (κ2) is 7.17. The SMILES string of the molecule is Cc1ccccc1NC1=C(c2cccs2)C(=O)N(Cc2cccnc2)C1=O. The minimum Gasteiger partial charge on any atom is -0.350 e. The van der Waals surface area contributed by atoms with Crippen molar-refractivity contribution in [3.05, 3.63) is 88.0 Å². The fraction of sp³-hybridized carbons (Fsp3) is 0.0952. The number of rotatable bonds is 5. The Balaban J connectivity index is 1.73. The van der Waals surface area contributed by atoms with Crippen LogP contribution in [0.15, 0.2) is 72.0 Å². The number of benzene rings is 1. The van der Waals surface area contributed by atoms with E-state index < -0.39 is 0 Å². The molecule has 0 aliphatic carbocycles. The number of aryl methyl sites for hydroxylation is 1. The summed E-state index contributed by atoms with van der Waals surface area (Å²) < 4.78 is 0. The van der Waals surface area contributed by atoms with Crippen molar-refractivity contribution in [2.45, 2.75) is 13.5 Å². The number of amides is 2. The van der Waals surface area contributed by atoms with E-state index in [1.54, 1.807) is 18.5 Å². The lowest BCUT2D eigenvalue weighted by molar-refractivity contribution is -0.137. The molecule has 0 saturated heterocycles. The highest BCUT2D eigenvalue weighted by molar-refractivity contribution is 7.11. The summed E-state index contributed by atoms with van der Waals surface area (Å²) in [4.78, 5) is 32.3. The predicted molar refractivity (Wildman–Crippen MR) is 106 cm³/mol. The van der Waals surface area contributed by atoms with Gasteiger partial charge in [0.15, 0.2) is 0 Å². The monoisotopic (exact) mass is 375 g/mol. The largest absolute Gasteiger partial charge is 0.350 e. The van der Waals surface area contributed by atoms with Crippen molar-refractivity contribution in [2.75, 3.05) is 5.32 Å². The van der Waals surface area contributed by atoms with E-state index in [9.17, 15) is 9.59 Å². The molecule has 6 heteroatoms. The Morgan fingerprint density at radius 1 is 1.04 bits per heavy atom. The first-order chi connectivity index (χ1) is 13.1. The number of nitrogens with one attached hydrogen (secondary N) is 1. The lowest BCUT2D eigenvalue weighted by Gasteiger charge is -2.15. The van der Waals surface area contributed by atoms with Gasteiger partial charge in [-0.2, -0.15) is 0 Å². The molecule has 0 atom stereocenters. The van der Waals surface area contributed by atoms with Crippen molar-refractivity contribution in [1.82, 2.24) is 9.88 Å². The number of carbonyl (C=O) groups excluding carboxylic acids is 2. The fourth-order valence-electron chi connectivity index (χ4n) is 3.01. The second-order valence-electron chi connectivity index (χ2n) is 6.22. The highest BCUT2D eigenvalue weighted by Gasteiger charge is 2.39. The van der Waals surface area contributed by atoms with E-state index in [-0.39, 0.29) is 18.4 Å². The van der Waals surface area contributed by atoms with Gasteiger partial charge in [0.25, 0.3) is 11.8 Å². The average Bonchev–Trinajstić information content (AvgIpc) is 3.28. The molecule has 27 heavy (non-hydrogen) atoms. The zero-order chi connectivity index (χ0) is 18.8. The Morgan fingerprint density at radius 2 is 1.89 bits per heavy atom. The Labute approximate surface area is 161 Å². The van der Waals surface area contributed by atoms with Crippen LogP contribution in [0.2, 0.25) is 0 Å². The summed E-state index contributed by atoms with van der Waals surface area (Å²) in [5.41, 5.74) is 3.36. The molecule has 0 saturated carbocycles. The fourth-order valence-corrected chi connectivity index (χ4v) is 3.78. The van der Waals surface area contributed by atoms with Crippen LogP contribution in [0.25, 0.3) is 5.57 Å². The van der Waals surface area contributed by atoms with Crippen LogP contribution in [0.1, 0.15) is 16.0 Å². The van der Waals surface area contributed by atoms with Crippen LogP contribution in [0.4, 0.5) is 5.69 Å². The maximum atomic E-state index is 13.1. The molecule has 2 amide bonds. The normalized spacial score (nSPS) is 14.2. The number of hydrogen-bond acceptors (Lipinski definition) is 5. The predicted octanol–water partition coefficient (Wildman–Crippen LogP) is 3.84. The first-order valence-electron chi connectivity index (χ1n) is 8.51. The van der Waals surface area contributed by atoms with Gasteiger partial charge in [0, 0.05) is 23.0 Å². The van der Waals surface area contributed by atoms with E-state index in [4.69, 9.17) is 0 Å². The number of aromatic nitrogens is 1. The van der Waals surface area contributed by atoms with Gasteiger partial charge in [-0.05, 0) is 41.6 Å². The molecule has 2 aromatic heterocycles. The number of para-hydroxylation sites is 1. The van der Waals surface area contributed by atoms with Gasteiger partial charge >= 0.3 is 0 Å². The van der Waals surface area contributed by atoms with Crippen LogP contribution in [-0.4, -0.2) is 21.7 Å². The molecule has 3 heterocycles. The van der Waals surface area contributed by atoms with Crippen LogP contribution >= 0.6 is 11.3 Å². The molecule has 3 aromatic rings. The summed E-state index contributed by atoms with van der Waals surface area (Å²) in [5.74, 6) is -0.613. The molecule has 0 bridgehead atoms. The number of hydrogen-bond donors (Lipinski definition) is 1. The van der Waals surface area contributed by atoms with Crippen molar-refractivity contribution >= 4 is 34.4 Å².